The molecule has 2 amide bonds. The Hall–Kier alpha value is -2.05. The fourth-order valence-electron chi connectivity index (χ4n) is 3.74. The van der Waals surface area contributed by atoms with Gasteiger partial charge in [0.2, 0.25) is 5.91 Å². The largest absolute Gasteiger partial charge is 0.484 e. The van der Waals surface area contributed by atoms with Crippen molar-refractivity contribution in [3.63, 3.8) is 0 Å². The Bertz CT molecular complexity index is 931. The van der Waals surface area contributed by atoms with Crippen molar-refractivity contribution in [1.82, 2.24) is 10.2 Å². The van der Waals surface area contributed by atoms with Crippen LogP contribution in [-0.2, 0) is 16.1 Å². The van der Waals surface area contributed by atoms with Gasteiger partial charge < -0.3 is 15.0 Å². The maximum Gasteiger partial charge on any atom is 0.261 e. The maximum atomic E-state index is 13.1. The number of amides is 2. The molecule has 166 valence electrons. The van der Waals surface area contributed by atoms with Crippen LogP contribution in [0.25, 0.3) is 0 Å². The molecule has 0 heterocycles. The number of halogens is 2. The Morgan fingerprint density at radius 2 is 1.97 bits per heavy atom. The first kappa shape index (κ1) is 23.6. The van der Waals surface area contributed by atoms with Gasteiger partial charge in [-0.1, -0.05) is 52.5 Å². The molecule has 0 saturated heterocycles. The van der Waals surface area contributed by atoms with Crippen LogP contribution in [-0.4, -0.2) is 35.4 Å². The van der Waals surface area contributed by atoms with Crippen molar-refractivity contribution < 1.29 is 14.3 Å². The normalized spacial score (nSPS) is 14.8. The molecular weight excluding hydrogens is 480 g/mol. The van der Waals surface area contributed by atoms with E-state index in [1.165, 1.54) is 0 Å². The summed E-state index contributed by atoms with van der Waals surface area (Å²) in [4.78, 5) is 27.6. The summed E-state index contributed by atoms with van der Waals surface area (Å²) in [5.41, 5.74) is 1.81. The number of nitrogens with one attached hydrogen (secondary N) is 1. The van der Waals surface area contributed by atoms with Crippen molar-refractivity contribution in [2.45, 2.75) is 58.2 Å². The van der Waals surface area contributed by atoms with E-state index < -0.39 is 6.04 Å². The van der Waals surface area contributed by atoms with Crippen molar-refractivity contribution in [3.05, 3.63) is 63.1 Å². The van der Waals surface area contributed by atoms with Crippen molar-refractivity contribution in [3.8, 4) is 5.75 Å². The summed E-state index contributed by atoms with van der Waals surface area (Å²) >= 11 is 9.53. The first-order valence-corrected chi connectivity index (χ1v) is 11.7. The molecule has 2 aromatic carbocycles. The van der Waals surface area contributed by atoms with Gasteiger partial charge in [0.1, 0.15) is 11.8 Å². The summed E-state index contributed by atoms with van der Waals surface area (Å²) in [6.07, 6.45) is 4.26. The minimum absolute atomic E-state index is 0.127. The van der Waals surface area contributed by atoms with Crippen molar-refractivity contribution in [1.29, 1.82) is 0 Å². The molecule has 1 saturated carbocycles. The van der Waals surface area contributed by atoms with Gasteiger partial charge >= 0.3 is 0 Å². The second-order valence-corrected chi connectivity index (χ2v) is 9.34. The fraction of sp³-hybridized carbons (Fsp3) is 0.417. The molecule has 7 heteroatoms. The third kappa shape index (κ3) is 6.71. The average Bonchev–Trinajstić information content (AvgIpc) is 3.25. The number of carbonyl (C=O) groups excluding carboxylic acids is 2. The Morgan fingerprint density at radius 3 is 2.65 bits per heavy atom. The lowest BCUT2D eigenvalue weighted by Crippen LogP contribution is -2.50. The lowest BCUT2D eigenvalue weighted by Gasteiger charge is -2.29. The van der Waals surface area contributed by atoms with Gasteiger partial charge in [-0.25, -0.2) is 0 Å². The molecule has 5 nitrogen and oxygen atoms in total. The average molecular weight is 508 g/mol. The second-order valence-electron chi connectivity index (χ2n) is 8.02. The second kappa shape index (κ2) is 11.0. The molecule has 1 unspecified atom stereocenters. The predicted octanol–water partition coefficient (Wildman–Crippen LogP) is 5.27. The van der Waals surface area contributed by atoms with E-state index in [0.29, 0.717) is 17.3 Å². The smallest absolute Gasteiger partial charge is 0.261 e. The molecule has 1 N–H and O–H groups in total. The van der Waals surface area contributed by atoms with Gasteiger partial charge in [-0.3, -0.25) is 9.59 Å². The van der Waals surface area contributed by atoms with Crippen LogP contribution in [0.5, 0.6) is 5.75 Å². The minimum Gasteiger partial charge on any atom is -0.484 e. The first-order valence-electron chi connectivity index (χ1n) is 10.6. The third-order valence-electron chi connectivity index (χ3n) is 5.60. The SMILES string of the molecule is Cc1cc(OCC(=O)N(Cc2cccc(Br)c2)C(C)C(=O)NC2CCCC2)ccc1Cl. The van der Waals surface area contributed by atoms with Gasteiger partial charge in [0.25, 0.3) is 5.91 Å². The maximum absolute atomic E-state index is 13.1. The number of benzene rings is 2. The Labute approximate surface area is 197 Å². The molecule has 0 radical (unpaired) electrons. The molecule has 1 aliphatic rings. The number of nitrogens with zero attached hydrogens (tertiary/aromatic N) is 1. The van der Waals surface area contributed by atoms with Crippen LogP contribution in [0.1, 0.15) is 43.7 Å². The highest BCUT2D eigenvalue weighted by molar-refractivity contribution is 9.10. The molecule has 1 atom stereocenters. The van der Waals surface area contributed by atoms with Crippen LogP contribution in [0.15, 0.2) is 46.9 Å². The zero-order valence-corrected chi connectivity index (χ0v) is 20.2. The zero-order chi connectivity index (χ0) is 22.4. The predicted molar refractivity (Wildman–Crippen MR) is 126 cm³/mol. The van der Waals surface area contributed by atoms with Gasteiger partial charge in [0.15, 0.2) is 6.61 Å². The number of hydrogen-bond acceptors (Lipinski definition) is 3. The van der Waals surface area contributed by atoms with Crippen LogP contribution in [0.4, 0.5) is 0 Å². The number of rotatable bonds is 8. The Balaban J connectivity index is 1.72. The van der Waals surface area contributed by atoms with Crippen LogP contribution in [0.2, 0.25) is 5.02 Å². The molecule has 0 aliphatic heterocycles. The topological polar surface area (TPSA) is 58.6 Å². The van der Waals surface area contributed by atoms with E-state index in [9.17, 15) is 9.59 Å². The summed E-state index contributed by atoms with van der Waals surface area (Å²) in [7, 11) is 0. The van der Waals surface area contributed by atoms with Crippen molar-refractivity contribution in [2.24, 2.45) is 0 Å². The quantitative estimate of drug-likeness (QED) is 0.530. The summed E-state index contributed by atoms with van der Waals surface area (Å²) in [6, 6.07) is 12.6. The van der Waals surface area contributed by atoms with E-state index in [1.54, 1.807) is 30.0 Å². The van der Waals surface area contributed by atoms with E-state index >= 15 is 0 Å². The highest BCUT2D eigenvalue weighted by Gasteiger charge is 2.28. The Kier molecular flexibility index (Phi) is 8.38. The molecule has 31 heavy (non-hydrogen) atoms. The number of carbonyl (C=O) groups is 2. The number of aryl methyl sites for hydroxylation is 1. The Morgan fingerprint density at radius 1 is 1.23 bits per heavy atom. The molecule has 0 spiro atoms. The van der Waals surface area contributed by atoms with Crippen LogP contribution >= 0.6 is 27.5 Å². The number of ether oxygens (including phenoxy) is 1. The zero-order valence-electron chi connectivity index (χ0n) is 17.9. The van der Waals surface area contributed by atoms with Gasteiger partial charge in [-0.2, -0.15) is 0 Å². The summed E-state index contributed by atoms with van der Waals surface area (Å²) in [5, 5.41) is 3.75. The highest BCUT2D eigenvalue weighted by atomic mass is 79.9. The highest BCUT2D eigenvalue weighted by Crippen LogP contribution is 2.22. The molecular formula is C24H28BrClN2O3. The van der Waals surface area contributed by atoms with E-state index in [2.05, 4.69) is 21.2 Å². The van der Waals surface area contributed by atoms with Gasteiger partial charge in [0, 0.05) is 22.1 Å². The van der Waals surface area contributed by atoms with Gasteiger partial charge in [-0.05, 0) is 68.1 Å². The number of hydrogen-bond donors (Lipinski definition) is 1. The molecule has 3 rings (SSSR count). The summed E-state index contributed by atoms with van der Waals surface area (Å²) < 4.78 is 6.64. The van der Waals surface area contributed by atoms with Crippen LogP contribution in [0, 0.1) is 6.92 Å². The van der Waals surface area contributed by atoms with E-state index in [1.807, 2.05) is 31.2 Å². The van der Waals surface area contributed by atoms with Crippen LogP contribution in [0.3, 0.4) is 0 Å². The molecule has 0 bridgehead atoms. The van der Waals surface area contributed by atoms with Crippen LogP contribution < -0.4 is 10.1 Å². The summed E-state index contributed by atoms with van der Waals surface area (Å²) in [5.74, 6) is 0.194. The van der Waals surface area contributed by atoms with Gasteiger partial charge in [0.05, 0.1) is 0 Å². The summed E-state index contributed by atoms with van der Waals surface area (Å²) in [6.45, 7) is 3.81. The van der Waals surface area contributed by atoms with Crippen molar-refractivity contribution >= 4 is 39.3 Å². The molecule has 2 aromatic rings. The first-order chi connectivity index (χ1) is 14.8. The molecule has 0 aromatic heterocycles. The van der Waals surface area contributed by atoms with E-state index in [-0.39, 0.29) is 24.5 Å². The minimum atomic E-state index is -0.609. The lowest BCUT2D eigenvalue weighted by atomic mass is 10.1. The van der Waals surface area contributed by atoms with Gasteiger partial charge in [-0.15, -0.1) is 0 Å². The fourth-order valence-corrected chi connectivity index (χ4v) is 4.31. The lowest BCUT2D eigenvalue weighted by molar-refractivity contribution is -0.142. The monoisotopic (exact) mass is 506 g/mol. The third-order valence-corrected chi connectivity index (χ3v) is 6.52. The van der Waals surface area contributed by atoms with E-state index in [0.717, 1.165) is 41.3 Å². The molecule has 1 aliphatic carbocycles. The van der Waals surface area contributed by atoms with E-state index in [4.69, 9.17) is 16.3 Å². The molecule has 1 fully saturated rings. The standard InChI is InChI=1S/C24H28BrClN2O3/c1-16-12-21(10-11-22(16)26)31-15-23(29)28(14-18-6-5-7-19(25)13-18)17(2)24(30)27-20-8-3-4-9-20/h5-7,10-13,17,20H,3-4,8-9,14-15H2,1-2H3,(H,27,30). The van der Waals surface area contributed by atoms with Crippen molar-refractivity contribution in [2.75, 3.05) is 6.61 Å².